The minimum atomic E-state index is -4.39. The fourth-order valence-corrected chi connectivity index (χ4v) is 4.96. The Balaban J connectivity index is 3.35. The van der Waals surface area contributed by atoms with Crippen LogP contribution >= 0.6 is 7.82 Å². The second-order valence-corrected chi connectivity index (χ2v) is 11.9. The first-order valence-electron chi connectivity index (χ1n) is 16.0. The molecule has 0 saturated carbocycles. The standard InChI is InChI=1S/C30H63O7P/c1-3-5-6-7-8-9-10-13-16-19-23-30(22-4-2)36-25-21-18-15-12-11-14-17-20-24-34-26-27-35-28-29-37-38(31,32)33/h30H,3-29H2,1-2H3,(H2,31,32,33). The van der Waals surface area contributed by atoms with Gasteiger partial charge >= 0.3 is 7.82 Å². The summed E-state index contributed by atoms with van der Waals surface area (Å²) in [6.45, 7) is 7.16. The fraction of sp³-hybridized carbons (Fsp3) is 1.00. The number of ether oxygens (including phenoxy) is 3. The van der Waals surface area contributed by atoms with Gasteiger partial charge in [-0.05, 0) is 25.7 Å². The van der Waals surface area contributed by atoms with E-state index >= 15 is 0 Å². The monoisotopic (exact) mass is 566 g/mol. The van der Waals surface area contributed by atoms with E-state index < -0.39 is 7.82 Å². The maximum Gasteiger partial charge on any atom is 0.469 e. The highest BCUT2D eigenvalue weighted by molar-refractivity contribution is 7.46. The second kappa shape index (κ2) is 30.0. The van der Waals surface area contributed by atoms with Crippen molar-refractivity contribution in [1.29, 1.82) is 0 Å². The van der Waals surface area contributed by atoms with Gasteiger partial charge in [0, 0.05) is 13.2 Å². The smallest absolute Gasteiger partial charge is 0.379 e. The van der Waals surface area contributed by atoms with E-state index in [4.69, 9.17) is 24.0 Å². The summed E-state index contributed by atoms with van der Waals surface area (Å²) in [4.78, 5) is 17.1. The van der Waals surface area contributed by atoms with E-state index in [1.807, 2.05) is 0 Å². The average Bonchev–Trinajstić information content (AvgIpc) is 2.88. The molecular formula is C30H63O7P. The lowest BCUT2D eigenvalue weighted by Crippen LogP contribution is -2.13. The topological polar surface area (TPSA) is 94.5 Å². The van der Waals surface area contributed by atoms with Crippen LogP contribution in [0.5, 0.6) is 0 Å². The van der Waals surface area contributed by atoms with E-state index in [0.29, 0.717) is 19.3 Å². The molecule has 2 N–H and O–H groups in total. The van der Waals surface area contributed by atoms with Gasteiger partial charge in [0.2, 0.25) is 0 Å². The molecule has 0 heterocycles. The molecule has 38 heavy (non-hydrogen) atoms. The van der Waals surface area contributed by atoms with Gasteiger partial charge in [-0.15, -0.1) is 0 Å². The van der Waals surface area contributed by atoms with Gasteiger partial charge in [-0.25, -0.2) is 4.57 Å². The van der Waals surface area contributed by atoms with Crippen LogP contribution in [0.1, 0.15) is 149 Å². The van der Waals surface area contributed by atoms with Crippen molar-refractivity contribution in [3.05, 3.63) is 0 Å². The van der Waals surface area contributed by atoms with Crippen molar-refractivity contribution < 1.29 is 33.1 Å². The number of rotatable bonds is 32. The Labute approximate surface area is 235 Å². The molecule has 0 bridgehead atoms. The number of hydrogen-bond acceptors (Lipinski definition) is 5. The van der Waals surface area contributed by atoms with Gasteiger partial charge < -0.3 is 24.0 Å². The highest BCUT2D eigenvalue weighted by atomic mass is 31.2. The summed E-state index contributed by atoms with van der Waals surface area (Å²) in [6, 6.07) is 0. The molecule has 1 atom stereocenters. The van der Waals surface area contributed by atoms with Crippen LogP contribution in [0.2, 0.25) is 0 Å². The molecular weight excluding hydrogens is 503 g/mol. The molecule has 0 aliphatic rings. The molecule has 0 aromatic heterocycles. The molecule has 0 fully saturated rings. The van der Waals surface area contributed by atoms with E-state index in [1.165, 1.54) is 128 Å². The summed E-state index contributed by atoms with van der Waals surface area (Å²) in [5.74, 6) is 0. The molecule has 0 amide bonds. The Bertz CT molecular complexity index is 501. The van der Waals surface area contributed by atoms with Gasteiger partial charge in [-0.3, -0.25) is 4.52 Å². The van der Waals surface area contributed by atoms with Crippen LogP contribution in [-0.2, 0) is 23.3 Å². The molecule has 0 aromatic carbocycles. The van der Waals surface area contributed by atoms with Crippen LogP contribution in [0.25, 0.3) is 0 Å². The van der Waals surface area contributed by atoms with Crippen molar-refractivity contribution in [2.24, 2.45) is 0 Å². The van der Waals surface area contributed by atoms with Gasteiger partial charge in [0.05, 0.1) is 32.5 Å². The minimum absolute atomic E-state index is 0.115. The molecule has 0 aromatic rings. The number of phosphoric ester groups is 1. The van der Waals surface area contributed by atoms with Gasteiger partial charge in [0.1, 0.15) is 0 Å². The number of hydrogen-bond donors (Lipinski definition) is 2. The summed E-state index contributed by atoms with van der Waals surface area (Å²) in [5.41, 5.74) is 0. The SMILES string of the molecule is CCCCCCCCCCCCC(CCC)OCCCCCCCCCCOCCOCCOP(=O)(O)O. The van der Waals surface area contributed by atoms with Crippen molar-refractivity contribution in [3.8, 4) is 0 Å². The highest BCUT2D eigenvalue weighted by Crippen LogP contribution is 2.35. The normalized spacial score (nSPS) is 12.8. The van der Waals surface area contributed by atoms with E-state index in [2.05, 4.69) is 18.4 Å². The molecule has 0 aliphatic heterocycles. The zero-order valence-corrected chi connectivity index (χ0v) is 25.9. The van der Waals surface area contributed by atoms with Crippen LogP contribution in [0, 0.1) is 0 Å². The number of unbranched alkanes of at least 4 members (excludes halogenated alkanes) is 16. The maximum absolute atomic E-state index is 10.5. The van der Waals surface area contributed by atoms with Crippen molar-refractivity contribution in [2.75, 3.05) is 39.6 Å². The first-order valence-corrected chi connectivity index (χ1v) is 17.5. The van der Waals surface area contributed by atoms with Crippen LogP contribution in [-0.4, -0.2) is 55.5 Å². The lowest BCUT2D eigenvalue weighted by atomic mass is 10.0. The predicted molar refractivity (Wildman–Crippen MR) is 158 cm³/mol. The molecule has 0 rings (SSSR count). The Morgan fingerprint density at radius 3 is 1.47 bits per heavy atom. The molecule has 0 spiro atoms. The van der Waals surface area contributed by atoms with E-state index in [9.17, 15) is 4.57 Å². The van der Waals surface area contributed by atoms with E-state index in [0.717, 1.165) is 19.6 Å². The van der Waals surface area contributed by atoms with E-state index in [1.54, 1.807) is 0 Å². The lowest BCUT2D eigenvalue weighted by molar-refractivity contribution is 0.0312. The van der Waals surface area contributed by atoms with Crippen LogP contribution in [0.3, 0.4) is 0 Å². The third kappa shape index (κ3) is 32.2. The van der Waals surface area contributed by atoms with Gasteiger partial charge in [-0.1, -0.05) is 123 Å². The zero-order chi connectivity index (χ0) is 28.0. The quantitative estimate of drug-likeness (QED) is 0.0621. The van der Waals surface area contributed by atoms with Gasteiger partial charge in [0.25, 0.3) is 0 Å². The predicted octanol–water partition coefficient (Wildman–Crippen LogP) is 8.75. The third-order valence-electron chi connectivity index (χ3n) is 6.89. The lowest BCUT2D eigenvalue weighted by Gasteiger charge is -2.17. The molecule has 1 unspecified atom stereocenters. The Morgan fingerprint density at radius 1 is 0.500 bits per heavy atom. The van der Waals surface area contributed by atoms with Crippen LogP contribution in [0.4, 0.5) is 0 Å². The molecule has 0 saturated heterocycles. The summed E-state index contributed by atoms with van der Waals surface area (Å²) in [7, 11) is -4.39. The molecule has 230 valence electrons. The average molecular weight is 567 g/mol. The van der Waals surface area contributed by atoms with Crippen LogP contribution < -0.4 is 0 Å². The first-order chi connectivity index (χ1) is 18.5. The molecule has 0 radical (unpaired) electrons. The fourth-order valence-electron chi connectivity index (χ4n) is 4.65. The van der Waals surface area contributed by atoms with Crippen LogP contribution in [0.15, 0.2) is 0 Å². The van der Waals surface area contributed by atoms with Crippen molar-refractivity contribution in [1.82, 2.24) is 0 Å². The van der Waals surface area contributed by atoms with E-state index in [-0.39, 0.29) is 13.2 Å². The summed E-state index contributed by atoms with van der Waals surface area (Å²) in [5, 5.41) is 0. The first kappa shape index (κ1) is 38.0. The highest BCUT2D eigenvalue weighted by Gasteiger charge is 2.12. The summed E-state index contributed by atoms with van der Waals surface area (Å²) < 4.78 is 31.7. The molecule has 0 aliphatic carbocycles. The minimum Gasteiger partial charge on any atom is -0.379 e. The molecule has 8 heteroatoms. The largest absolute Gasteiger partial charge is 0.469 e. The van der Waals surface area contributed by atoms with Crippen molar-refractivity contribution >= 4 is 7.82 Å². The van der Waals surface area contributed by atoms with Gasteiger partial charge in [0.15, 0.2) is 0 Å². The second-order valence-electron chi connectivity index (χ2n) is 10.6. The summed E-state index contributed by atoms with van der Waals surface area (Å²) in [6.07, 6.45) is 28.0. The maximum atomic E-state index is 10.5. The van der Waals surface area contributed by atoms with Crippen molar-refractivity contribution in [3.63, 3.8) is 0 Å². The summed E-state index contributed by atoms with van der Waals surface area (Å²) >= 11 is 0. The third-order valence-corrected chi connectivity index (χ3v) is 7.40. The Hall–Kier alpha value is -0.0100. The Kier molecular flexibility index (Phi) is 30.0. The molecule has 7 nitrogen and oxygen atoms in total. The number of phosphoric acid groups is 1. The Morgan fingerprint density at radius 2 is 0.947 bits per heavy atom. The zero-order valence-electron chi connectivity index (χ0n) is 25.1. The van der Waals surface area contributed by atoms with Gasteiger partial charge in [-0.2, -0.15) is 0 Å². The van der Waals surface area contributed by atoms with Crippen molar-refractivity contribution in [2.45, 2.75) is 155 Å².